The minimum Gasteiger partial charge on any atom is -0.324 e. The molecular weight excluding hydrogens is 280 g/mol. The van der Waals surface area contributed by atoms with Crippen LogP contribution in [-0.4, -0.2) is 18.2 Å². The summed E-state index contributed by atoms with van der Waals surface area (Å²) in [5, 5.41) is 6.82. The van der Waals surface area contributed by atoms with Gasteiger partial charge < -0.3 is 10.6 Å². The molecule has 104 valence electrons. The summed E-state index contributed by atoms with van der Waals surface area (Å²) in [5.74, 6) is 1.06. The zero-order valence-electron chi connectivity index (χ0n) is 11.3. The van der Waals surface area contributed by atoms with E-state index in [1.54, 1.807) is 11.8 Å². The quantitative estimate of drug-likeness (QED) is 0.619. The molecule has 0 fully saturated rings. The van der Waals surface area contributed by atoms with E-state index in [1.807, 2.05) is 19.1 Å². The number of likely N-dealkylation sites (N-methyl/N-ethyl adjacent to an activating group) is 1. The van der Waals surface area contributed by atoms with E-state index in [9.17, 15) is 4.79 Å². The molecule has 1 heterocycles. The van der Waals surface area contributed by atoms with Crippen LogP contribution in [0.5, 0.6) is 0 Å². The predicted octanol–water partition coefficient (Wildman–Crippen LogP) is 3.83. The molecule has 0 saturated carbocycles. The van der Waals surface area contributed by atoms with E-state index in [1.165, 1.54) is 12.8 Å². The molecule has 2 N–H and O–H groups in total. The first-order valence-electron chi connectivity index (χ1n) is 6.67. The Hall–Kier alpha value is -0.710. The number of halogens is 1. The zero-order valence-corrected chi connectivity index (χ0v) is 12.8. The second-order valence-corrected chi connectivity index (χ2v) is 6.10. The van der Waals surface area contributed by atoms with E-state index in [2.05, 4.69) is 17.6 Å². The van der Waals surface area contributed by atoms with E-state index in [0.29, 0.717) is 0 Å². The largest absolute Gasteiger partial charge is 0.324 e. The molecule has 1 aromatic rings. The predicted molar refractivity (Wildman–Crippen MR) is 82.1 cm³/mol. The van der Waals surface area contributed by atoms with Crippen molar-refractivity contribution in [3.63, 3.8) is 0 Å². The number of thioether (sulfide) groups is 1. The molecule has 0 bridgehead atoms. The first-order chi connectivity index (χ1) is 9.17. The highest BCUT2D eigenvalue weighted by molar-refractivity contribution is 7.99. The molecule has 1 aliphatic rings. The van der Waals surface area contributed by atoms with Gasteiger partial charge in [0, 0.05) is 16.1 Å². The number of amides is 1. The van der Waals surface area contributed by atoms with E-state index in [4.69, 9.17) is 11.6 Å². The Labute approximate surface area is 123 Å². The van der Waals surface area contributed by atoms with Gasteiger partial charge in [-0.25, -0.2) is 0 Å². The number of anilines is 1. The van der Waals surface area contributed by atoms with Crippen LogP contribution in [0.1, 0.15) is 38.3 Å². The van der Waals surface area contributed by atoms with Gasteiger partial charge in [-0.15, -0.1) is 11.8 Å². The van der Waals surface area contributed by atoms with Crippen LogP contribution in [0.25, 0.3) is 0 Å². The van der Waals surface area contributed by atoms with Crippen LogP contribution in [-0.2, 0) is 4.79 Å². The first kappa shape index (κ1) is 14.7. The summed E-state index contributed by atoms with van der Waals surface area (Å²) in [5.41, 5.74) is 1.84. The van der Waals surface area contributed by atoms with Gasteiger partial charge in [0.05, 0.1) is 5.02 Å². The number of carbonyl (C=O) groups is 1. The van der Waals surface area contributed by atoms with Crippen LogP contribution in [0.4, 0.5) is 5.69 Å². The smallest absolute Gasteiger partial charge is 0.246 e. The molecular formula is C14H19ClN2OS. The molecule has 2 rings (SSSR count). The maximum Gasteiger partial charge on any atom is 0.246 e. The Morgan fingerprint density at radius 1 is 1.42 bits per heavy atom. The number of rotatable bonds is 6. The number of fused-ring (bicyclic) bond motifs is 1. The van der Waals surface area contributed by atoms with Crippen molar-refractivity contribution in [2.75, 3.05) is 17.6 Å². The Kier molecular flexibility index (Phi) is 5.13. The van der Waals surface area contributed by atoms with Crippen LogP contribution in [0.2, 0.25) is 5.02 Å². The highest BCUT2D eigenvalue weighted by Gasteiger charge is 2.30. The molecule has 3 nitrogen and oxygen atoms in total. The molecule has 1 aliphatic heterocycles. The third kappa shape index (κ3) is 3.25. The van der Waals surface area contributed by atoms with Gasteiger partial charge >= 0.3 is 0 Å². The molecule has 0 aliphatic carbocycles. The zero-order chi connectivity index (χ0) is 13.8. The van der Waals surface area contributed by atoms with Crippen LogP contribution >= 0.6 is 23.4 Å². The average Bonchev–Trinajstić information content (AvgIpc) is 2.67. The molecule has 1 amide bonds. The minimum atomic E-state index is -0.271. The SMILES string of the molecule is CCCCSc1cc2c(cc1Cl)C(NCC)C(=O)N2. The summed E-state index contributed by atoms with van der Waals surface area (Å²) in [6, 6.07) is 3.64. The number of nitrogens with one attached hydrogen (secondary N) is 2. The van der Waals surface area contributed by atoms with Gasteiger partial charge in [-0.05, 0) is 30.9 Å². The fourth-order valence-corrected chi connectivity index (χ4v) is 3.49. The summed E-state index contributed by atoms with van der Waals surface area (Å²) in [7, 11) is 0. The number of carbonyl (C=O) groups excluding carboxylic acids is 1. The summed E-state index contributed by atoms with van der Waals surface area (Å²) < 4.78 is 0. The van der Waals surface area contributed by atoms with Gasteiger partial charge in [-0.3, -0.25) is 4.79 Å². The average molecular weight is 299 g/mol. The lowest BCUT2D eigenvalue weighted by molar-refractivity contribution is -0.117. The van der Waals surface area contributed by atoms with E-state index in [0.717, 1.165) is 33.5 Å². The van der Waals surface area contributed by atoms with Crippen LogP contribution < -0.4 is 10.6 Å². The van der Waals surface area contributed by atoms with Gasteiger partial charge in [-0.1, -0.05) is 31.9 Å². The van der Waals surface area contributed by atoms with Crippen molar-refractivity contribution >= 4 is 35.0 Å². The molecule has 0 radical (unpaired) electrons. The normalized spacial score (nSPS) is 17.4. The number of hydrogen-bond donors (Lipinski definition) is 2. The Bertz CT molecular complexity index is 479. The third-order valence-electron chi connectivity index (χ3n) is 3.10. The summed E-state index contributed by atoms with van der Waals surface area (Å²) >= 11 is 8.06. The fourth-order valence-electron chi connectivity index (χ4n) is 2.11. The highest BCUT2D eigenvalue weighted by atomic mass is 35.5. The number of unbranched alkanes of at least 4 members (excludes halogenated alkanes) is 1. The van der Waals surface area contributed by atoms with Crippen LogP contribution in [0.3, 0.4) is 0 Å². The number of benzene rings is 1. The van der Waals surface area contributed by atoms with E-state index in [-0.39, 0.29) is 11.9 Å². The van der Waals surface area contributed by atoms with E-state index < -0.39 is 0 Å². The molecule has 1 aromatic carbocycles. The van der Waals surface area contributed by atoms with Gasteiger partial charge in [0.25, 0.3) is 0 Å². The Morgan fingerprint density at radius 3 is 2.89 bits per heavy atom. The molecule has 1 unspecified atom stereocenters. The molecule has 5 heteroatoms. The Balaban J connectivity index is 2.20. The molecule has 0 spiro atoms. The van der Waals surface area contributed by atoms with Crippen molar-refractivity contribution in [2.45, 2.75) is 37.6 Å². The topological polar surface area (TPSA) is 41.1 Å². The highest BCUT2D eigenvalue weighted by Crippen LogP contribution is 2.39. The van der Waals surface area contributed by atoms with Crippen molar-refractivity contribution in [3.8, 4) is 0 Å². The second-order valence-electron chi connectivity index (χ2n) is 4.55. The van der Waals surface area contributed by atoms with Gasteiger partial charge in [0.15, 0.2) is 0 Å². The van der Waals surface area contributed by atoms with Crippen molar-refractivity contribution in [2.24, 2.45) is 0 Å². The molecule has 0 aromatic heterocycles. The van der Waals surface area contributed by atoms with Crippen molar-refractivity contribution in [3.05, 3.63) is 22.7 Å². The van der Waals surface area contributed by atoms with Crippen LogP contribution in [0.15, 0.2) is 17.0 Å². The van der Waals surface area contributed by atoms with Gasteiger partial charge in [-0.2, -0.15) is 0 Å². The summed E-state index contributed by atoms with van der Waals surface area (Å²) in [6.07, 6.45) is 2.35. The molecule has 19 heavy (non-hydrogen) atoms. The minimum absolute atomic E-state index is 0.00336. The Morgan fingerprint density at radius 2 is 2.21 bits per heavy atom. The van der Waals surface area contributed by atoms with E-state index >= 15 is 0 Å². The van der Waals surface area contributed by atoms with Gasteiger partial charge in [0.2, 0.25) is 5.91 Å². The summed E-state index contributed by atoms with van der Waals surface area (Å²) in [4.78, 5) is 12.9. The lowest BCUT2D eigenvalue weighted by Crippen LogP contribution is -2.27. The first-order valence-corrected chi connectivity index (χ1v) is 8.04. The summed E-state index contributed by atoms with van der Waals surface area (Å²) in [6.45, 7) is 4.91. The molecule has 1 atom stereocenters. The van der Waals surface area contributed by atoms with Crippen molar-refractivity contribution in [1.29, 1.82) is 0 Å². The lowest BCUT2D eigenvalue weighted by atomic mass is 10.1. The van der Waals surface area contributed by atoms with Gasteiger partial charge in [0.1, 0.15) is 6.04 Å². The van der Waals surface area contributed by atoms with Crippen LogP contribution in [0, 0.1) is 0 Å². The monoisotopic (exact) mass is 298 g/mol. The maximum atomic E-state index is 11.9. The number of hydrogen-bond acceptors (Lipinski definition) is 3. The van der Waals surface area contributed by atoms with Crippen molar-refractivity contribution < 1.29 is 4.79 Å². The molecule has 0 saturated heterocycles. The van der Waals surface area contributed by atoms with Crippen molar-refractivity contribution in [1.82, 2.24) is 5.32 Å². The third-order valence-corrected chi connectivity index (χ3v) is 4.67. The maximum absolute atomic E-state index is 11.9. The fraction of sp³-hybridized carbons (Fsp3) is 0.500. The standard InChI is InChI=1S/C14H19ClN2OS/c1-3-5-6-19-12-8-11-9(7-10(12)15)13(16-4-2)14(18)17-11/h7-8,13,16H,3-6H2,1-2H3,(H,17,18). The lowest BCUT2D eigenvalue weighted by Gasteiger charge is -2.11. The second kappa shape index (κ2) is 6.64.